The molecule has 16 heavy (non-hydrogen) atoms. The Morgan fingerprint density at radius 3 is 2.44 bits per heavy atom. The molecule has 4 heteroatoms. The molecule has 0 bridgehead atoms. The summed E-state index contributed by atoms with van der Waals surface area (Å²) in [6.07, 6.45) is 0. The van der Waals surface area contributed by atoms with Crippen molar-refractivity contribution in [3.05, 3.63) is 52.2 Å². The fourth-order valence-electron chi connectivity index (χ4n) is 1.47. The number of hydrogen-bond acceptors (Lipinski definition) is 3. The van der Waals surface area contributed by atoms with Gasteiger partial charge in [-0.05, 0) is 37.3 Å². The lowest BCUT2D eigenvalue weighted by molar-refractivity contribution is 0.104. The summed E-state index contributed by atoms with van der Waals surface area (Å²) >= 11 is 1.38. The fraction of sp³-hybridized carbons (Fsp3) is 0.0833. The Labute approximate surface area is 96.5 Å². The number of hydrogen-bond donors (Lipinski definition) is 1. The number of halogens is 1. The lowest BCUT2D eigenvalue weighted by atomic mass is 10.1. The van der Waals surface area contributed by atoms with Gasteiger partial charge in [0.25, 0.3) is 0 Å². The summed E-state index contributed by atoms with van der Waals surface area (Å²) in [4.78, 5) is 13.0. The van der Waals surface area contributed by atoms with E-state index in [1.165, 1.54) is 35.6 Å². The Balaban J connectivity index is 2.39. The number of thiophene rings is 1. The van der Waals surface area contributed by atoms with E-state index in [1.54, 1.807) is 6.07 Å². The summed E-state index contributed by atoms with van der Waals surface area (Å²) in [5, 5.41) is 0.506. The summed E-state index contributed by atoms with van der Waals surface area (Å²) < 4.78 is 12.7. The minimum Gasteiger partial charge on any atom is -0.390 e. The zero-order valence-electron chi connectivity index (χ0n) is 8.66. The molecule has 0 atom stereocenters. The van der Waals surface area contributed by atoms with Crippen molar-refractivity contribution in [1.82, 2.24) is 0 Å². The lowest BCUT2D eigenvalue weighted by Gasteiger charge is -1.99. The first-order valence-corrected chi connectivity index (χ1v) is 5.56. The predicted molar refractivity (Wildman–Crippen MR) is 63.3 cm³/mol. The zero-order chi connectivity index (χ0) is 11.7. The molecule has 1 aromatic heterocycles. The average Bonchev–Trinajstić information content (AvgIpc) is 2.58. The van der Waals surface area contributed by atoms with Crippen LogP contribution in [0.5, 0.6) is 0 Å². The number of nitrogens with two attached hydrogens (primary N) is 1. The molecule has 82 valence electrons. The molecule has 0 aliphatic carbocycles. The molecular formula is C12H10FNOS. The maximum Gasteiger partial charge on any atom is 0.195 e. The first-order chi connectivity index (χ1) is 7.58. The number of carbonyl (C=O) groups is 1. The van der Waals surface area contributed by atoms with Gasteiger partial charge in [0.05, 0.1) is 10.6 Å². The van der Waals surface area contributed by atoms with E-state index in [9.17, 15) is 9.18 Å². The van der Waals surface area contributed by atoms with Gasteiger partial charge in [-0.15, -0.1) is 11.3 Å². The van der Waals surface area contributed by atoms with Crippen LogP contribution in [0.25, 0.3) is 0 Å². The zero-order valence-corrected chi connectivity index (χ0v) is 9.48. The van der Waals surface area contributed by atoms with E-state index in [0.29, 0.717) is 16.1 Å². The van der Waals surface area contributed by atoms with E-state index in [0.717, 1.165) is 4.88 Å². The van der Waals surface area contributed by atoms with E-state index < -0.39 is 0 Å². The highest BCUT2D eigenvalue weighted by Gasteiger charge is 2.14. The Morgan fingerprint density at radius 1 is 1.31 bits per heavy atom. The van der Waals surface area contributed by atoms with Gasteiger partial charge in [-0.1, -0.05) is 0 Å². The van der Waals surface area contributed by atoms with Gasteiger partial charge >= 0.3 is 0 Å². The second-order valence-electron chi connectivity index (χ2n) is 3.47. The van der Waals surface area contributed by atoms with E-state index in [4.69, 9.17) is 5.73 Å². The maximum absolute atomic E-state index is 12.7. The molecule has 0 aliphatic heterocycles. The second-order valence-corrected chi connectivity index (χ2v) is 4.76. The summed E-state index contributed by atoms with van der Waals surface area (Å²) in [6, 6.07) is 7.21. The number of rotatable bonds is 2. The molecule has 0 saturated heterocycles. The Morgan fingerprint density at radius 2 is 1.94 bits per heavy atom. The first kappa shape index (κ1) is 10.8. The largest absolute Gasteiger partial charge is 0.390 e. The highest BCUT2D eigenvalue weighted by atomic mass is 32.1. The number of aryl methyl sites for hydroxylation is 1. The van der Waals surface area contributed by atoms with Crippen molar-refractivity contribution in [1.29, 1.82) is 0 Å². The highest BCUT2D eigenvalue weighted by molar-refractivity contribution is 7.16. The van der Waals surface area contributed by atoms with Gasteiger partial charge < -0.3 is 5.73 Å². The molecule has 2 nitrogen and oxygen atoms in total. The van der Waals surface area contributed by atoms with Crippen LogP contribution in [0.3, 0.4) is 0 Å². The monoisotopic (exact) mass is 235 g/mol. The van der Waals surface area contributed by atoms with Gasteiger partial charge in [0.1, 0.15) is 5.82 Å². The molecule has 1 heterocycles. The molecule has 2 aromatic rings. The Kier molecular flexibility index (Phi) is 2.75. The standard InChI is InChI=1S/C12H10FNOS/c1-7-6-10(12(14)16-7)11(15)8-2-4-9(13)5-3-8/h2-6H,14H2,1H3. The molecule has 0 amide bonds. The molecule has 0 spiro atoms. The van der Waals surface area contributed by atoms with Crippen LogP contribution < -0.4 is 5.73 Å². The van der Waals surface area contributed by atoms with Gasteiger partial charge in [-0.25, -0.2) is 4.39 Å². The Bertz CT molecular complexity index is 530. The SMILES string of the molecule is Cc1cc(C(=O)c2ccc(F)cc2)c(N)s1. The molecule has 0 unspecified atom stereocenters. The summed E-state index contributed by atoms with van der Waals surface area (Å²) in [6.45, 7) is 1.89. The molecule has 0 fully saturated rings. The quantitative estimate of drug-likeness (QED) is 0.813. The van der Waals surface area contributed by atoms with E-state index in [-0.39, 0.29) is 11.6 Å². The number of ketones is 1. The second kappa shape index (κ2) is 4.06. The van der Waals surface area contributed by atoms with Crippen LogP contribution in [0.15, 0.2) is 30.3 Å². The minimum atomic E-state index is -0.356. The van der Waals surface area contributed by atoms with Crippen LogP contribution in [0.4, 0.5) is 9.39 Å². The number of anilines is 1. The van der Waals surface area contributed by atoms with Crippen LogP contribution in [-0.4, -0.2) is 5.78 Å². The topological polar surface area (TPSA) is 43.1 Å². The third-order valence-electron chi connectivity index (χ3n) is 2.24. The predicted octanol–water partition coefficient (Wildman–Crippen LogP) is 3.01. The highest BCUT2D eigenvalue weighted by Crippen LogP contribution is 2.26. The smallest absolute Gasteiger partial charge is 0.195 e. The van der Waals surface area contributed by atoms with Gasteiger partial charge in [-0.2, -0.15) is 0 Å². The van der Waals surface area contributed by atoms with Crippen LogP contribution in [0.2, 0.25) is 0 Å². The normalized spacial score (nSPS) is 10.4. The average molecular weight is 235 g/mol. The van der Waals surface area contributed by atoms with Crippen molar-refractivity contribution < 1.29 is 9.18 Å². The van der Waals surface area contributed by atoms with Crippen molar-refractivity contribution in [2.45, 2.75) is 6.92 Å². The number of nitrogen functional groups attached to an aromatic ring is 1. The minimum absolute atomic E-state index is 0.165. The third-order valence-corrected chi connectivity index (χ3v) is 3.11. The van der Waals surface area contributed by atoms with Gasteiger partial charge in [0.15, 0.2) is 5.78 Å². The molecule has 0 aliphatic rings. The summed E-state index contributed by atoms with van der Waals surface area (Å²) in [5.74, 6) is -0.520. The molecule has 2 rings (SSSR count). The van der Waals surface area contributed by atoms with Crippen LogP contribution in [-0.2, 0) is 0 Å². The van der Waals surface area contributed by atoms with Crippen LogP contribution in [0, 0.1) is 12.7 Å². The summed E-state index contributed by atoms with van der Waals surface area (Å²) in [5.41, 5.74) is 6.68. The summed E-state index contributed by atoms with van der Waals surface area (Å²) in [7, 11) is 0. The van der Waals surface area contributed by atoms with Gasteiger partial charge in [0.2, 0.25) is 0 Å². The third kappa shape index (κ3) is 1.97. The molecular weight excluding hydrogens is 225 g/mol. The molecule has 0 saturated carbocycles. The van der Waals surface area contributed by atoms with Crippen molar-refractivity contribution in [3.63, 3.8) is 0 Å². The maximum atomic E-state index is 12.7. The first-order valence-electron chi connectivity index (χ1n) is 4.74. The molecule has 0 radical (unpaired) electrons. The van der Waals surface area contributed by atoms with Gasteiger partial charge in [-0.3, -0.25) is 4.79 Å². The van der Waals surface area contributed by atoms with E-state index >= 15 is 0 Å². The van der Waals surface area contributed by atoms with Crippen molar-refractivity contribution in [3.8, 4) is 0 Å². The van der Waals surface area contributed by atoms with Gasteiger partial charge in [0, 0.05) is 10.4 Å². The lowest BCUT2D eigenvalue weighted by Crippen LogP contribution is -2.02. The molecule has 1 aromatic carbocycles. The van der Waals surface area contributed by atoms with Crippen LogP contribution >= 0.6 is 11.3 Å². The van der Waals surface area contributed by atoms with Crippen molar-refractivity contribution in [2.75, 3.05) is 5.73 Å². The Hall–Kier alpha value is -1.68. The number of carbonyl (C=O) groups excluding carboxylic acids is 1. The number of benzene rings is 1. The van der Waals surface area contributed by atoms with Crippen molar-refractivity contribution in [2.24, 2.45) is 0 Å². The van der Waals surface area contributed by atoms with E-state index in [1.807, 2.05) is 6.92 Å². The molecule has 2 N–H and O–H groups in total. The van der Waals surface area contributed by atoms with Crippen LogP contribution in [0.1, 0.15) is 20.8 Å². The van der Waals surface area contributed by atoms with Crippen molar-refractivity contribution >= 4 is 22.1 Å². The fourth-order valence-corrected chi connectivity index (χ4v) is 2.25. The van der Waals surface area contributed by atoms with E-state index in [2.05, 4.69) is 0 Å².